The van der Waals surface area contributed by atoms with Gasteiger partial charge in [-0.2, -0.15) is 5.10 Å². The minimum absolute atomic E-state index is 0. The van der Waals surface area contributed by atoms with Gasteiger partial charge in [-0.3, -0.25) is 9.89 Å². The first-order valence-corrected chi connectivity index (χ1v) is 10.3. The monoisotopic (exact) mass is 441 g/mol. The van der Waals surface area contributed by atoms with E-state index in [9.17, 15) is 4.79 Å². The molecule has 0 bridgehead atoms. The Kier molecular flexibility index (Phi) is 7.25. The second-order valence-corrected chi connectivity index (χ2v) is 7.96. The maximum atomic E-state index is 12.6. The van der Waals surface area contributed by atoms with Crippen molar-refractivity contribution in [3.05, 3.63) is 53.3 Å². The van der Waals surface area contributed by atoms with Crippen LogP contribution in [0, 0.1) is 13.8 Å². The van der Waals surface area contributed by atoms with Gasteiger partial charge < -0.3 is 16.4 Å². The molecule has 0 radical (unpaired) electrons. The molecule has 0 aliphatic heterocycles. The van der Waals surface area contributed by atoms with Crippen LogP contribution in [0.2, 0.25) is 0 Å². The van der Waals surface area contributed by atoms with Crippen LogP contribution in [0.1, 0.15) is 47.3 Å². The van der Waals surface area contributed by atoms with E-state index in [2.05, 4.69) is 36.9 Å². The van der Waals surface area contributed by atoms with E-state index in [0.29, 0.717) is 23.0 Å². The van der Waals surface area contributed by atoms with Gasteiger partial charge in [-0.05, 0) is 62.1 Å². The van der Waals surface area contributed by atoms with Gasteiger partial charge in [-0.25, -0.2) is 9.97 Å². The van der Waals surface area contributed by atoms with Crippen molar-refractivity contribution in [1.29, 1.82) is 0 Å². The van der Waals surface area contributed by atoms with E-state index in [1.54, 1.807) is 18.3 Å². The highest BCUT2D eigenvalue weighted by molar-refractivity contribution is 5.93. The fraction of sp³-hybridized carbons (Fsp3) is 0.364. The molecule has 164 valence electrons. The fourth-order valence-corrected chi connectivity index (χ4v) is 3.89. The summed E-state index contributed by atoms with van der Waals surface area (Å²) in [5.74, 6) is 0.276. The number of aromatic nitrogens is 4. The average Bonchev–Trinajstić information content (AvgIpc) is 3.20. The number of hydrogen-bond acceptors (Lipinski definition) is 6. The summed E-state index contributed by atoms with van der Waals surface area (Å²) in [5, 5.41) is 13.3. The first-order valence-electron chi connectivity index (χ1n) is 10.3. The quantitative estimate of drug-likeness (QED) is 0.479. The average molecular weight is 442 g/mol. The van der Waals surface area contributed by atoms with E-state index >= 15 is 0 Å². The Morgan fingerprint density at radius 3 is 2.58 bits per heavy atom. The summed E-state index contributed by atoms with van der Waals surface area (Å²) in [6.45, 7) is 4.10. The molecule has 0 spiro atoms. The van der Waals surface area contributed by atoms with Crippen LogP contribution in [0.15, 0.2) is 36.5 Å². The summed E-state index contributed by atoms with van der Waals surface area (Å²) >= 11 is 0. The number of benzene rings is 1. The van der Waals surface area contributed by atoms with Gasteiger partial charge in [-0.15, -0.1) is 12.4 Å². The van der Waals surface area contributed by atoms with Crippen LogP contribution in [0.3, 0.4) is 0 Å². The molecule has 3 aromatic rings. The molecule has 1 fully saturated rings. The van der Waals surface area contributed by atoms with Crippen molar-refractivity contribution in [1.82, 2.24) is 25.5 Å². The van der Waals surface area contributed by atoms with E-state index in [0.717, 1.165) is 42.5 Å². The molecule has 31 heavy (non-hydrogen) atoms. The predicted octanol–water partition coefficient (Wildman–Crippen LogP) is 3.65. The van der Waals surface area contributed by atoms with Crippen LogP contribution in [0.5, 0.6) is 0 Å². The highest BCUT2D eigenvalue weighted by Crippen LogP contribution is 2.21. The van der Waals surface area contributed by atoms with Crippen LogP contribution in [0.4, 0.5) is 11.6 Å². The molecule has 1 aliphatic rings. The molecule has 8 nitrogen and oxygen atoms in total. The van der Waals surface area contributed by atoms with Crippen molar-refractivity contribution < 1.29 is 4.79 Å². The molecule has 1 saturated carbocycles. The van der Waals surface area contributed by atoms with Gasteiger partial charge in [-0.1, -0.05) is 18.9 Å². The first kappa shape index (κ1) is 22.7. The molecule has 2 heterocycles. The van der Waals surface area contributed by atoms with Gasteiger partial charge in [0, 0.05) is 24.0 Å². The summed E-state index contributed by atoms with van der Waals surface area (Å²) in [4.78, 5) is 21.4. The van der Waals surface area contributed by atoms with Crippen molar-refractivity contribution in [2.45, 2.75) is 51.6 Å². The molecule has 9 heteroatoms. The van der Waals surface area contributed by atoms with Gasteiger partial charge >= 0.3 is 0 Å². The Morgan fingerprint density at radius 2 is 1.84 bits per heavy atom. The largest absolute Gasteiger partial charge is 0.346 e. The smallest absolute Gasteiger partial charge is 0.269 e. The number of carbonyl (C=O) groups is 1. The van der Waals surface area contributed by atoms with Crippen molar-refractivity contribution in [2.75, 3.05) is 5.32 Å². The van der Waals surface area contributed by atoms with E-state index in [-0.39, 0.29) is 30.4 Å². The number of hydrogen-bond donors (Lipinski definition) is 4. The minimum Gasteiger partial charge on any atom is -0.346 e. The highest BCUT2D eigenvalue weighted by atomic mass is 35.5. The Morgan fingerprint density at radius 1 is 1.10 bits per heavy atom. The van der Waals surface area contributed by atoms with Gasteiger partial charge in [0.05, 0.1) is 5.69 Å². The molecule has 0 saturated heterocycles. The van der Waals surface area contributed by atoms with E-state index in [1.807, 2.05) is 26.0 Å². The lowest BCUT2D eigenvalue weighted by atomic mass is 9.91. The number of halogens is 1. The predicted molar refractivity (Wildman–Crippen MR) is 124 cm³/mol. The number of nitrogens with zero attached hydrogens (tertiary/aromatic N) is 3. The zero-order chi connectivity index (χ0) is 21.1. The third-order valence-corrected chi connectivity index (χ3v) is 5.35. The number of amides is 1. The number of aryl methyl sites for hydroxylation is 2. The Balaban J connectivity index is 0.00000272. The van der Waals surface area contributed by atoms with E-state index < -0.39 is 0 Å². The standard InChI is InChI=1S/C22H27N7O.ClH/c1-13-9-14(2)11-15(10-13)25-22-24-8-7-18(27-22)19-12-20(29-28-19)21(30)26-17-6-4-3-5-16(17)23;/h7-12,16-17H,3-6,23H2,1-2H3,(H,26,30)(H,28,29)(H,24,25,27);1H/t16-,17+;/m1./s1. The highest BCUT2D eigenvalue weighted by Gasteiger charge is 2.24. The first-order chi connectivity index (χ1) is 14.5. The second kappa shape index (κ2) is 9.89. The number of anilines is 2. The molecule has 1 aliphatic carbocycles. The Labute approximate surface area is 187 Å². The van der Waals surface area contributed by atoms with Crippen LogP contribution >= 0.6 is 12.4 Å². The SMILES string of the molecule is Cc1cc(C)cc(Nc2nccc(-c3cc(C(=O)N[C@H]4CCCC[C@H]4N)[nH]n3)n2)c1.Cl. The number of carbonyl (C=O) groups excluding carboxylic acids is 1. The Hall–Kier alpha value is -2.97. The van der Waals surface area contributed by atoms with Gasteiger partial charge in [0.2, 0.25) is 5.95 Å². The third kappa shape index (κ3) is 5.59. The summed E-state index contributed by atoms with van der Waals surface area (Å²) in [5.41, 5.74) is 11.0. The lowest BCUT2D eigenvalue weighted by Crippen LogP contribution is -2.49. The molecule has 2 atom stereocenters. The lowest BCUT2D eigenvalue weighted by Gasteiger charge is -2.29. The molecule has 1 amide bonds. The summed E-state index contributed by atoms with van der Waals surface area (Å²) in [7, 11) is 0. The zero-order valence-electron chi connectivity index (χ0n) is 17.7. The van der Waals surface area contributed by atoms with Crippen LogP contribution < -0.4 is 16.4 Å². The zero-order valence-corrected chi connectivity index (χ0v) is 18.5. The molecular weight excluding hydrogens is 414 g/mol. The van der Waals surface area contributed by atoms with Crippen molar-refractivity contribution >= 4 is 29.9 Å². The summed E-state index contributed by atoms with van der Waals surface area (Å²) in [6.07, 6.45) is 5.73. The maximum absolute atomic E-state index is 12.6. The van der Waals surface area contributed by atoms with Crippen molar-refractivity contribution in [2.24, 2.45) is 5.73 Å². The van der Waals surface area contributed by atoms with Crippen LogP contribution in [-0.4, -0.2) is 38.2 Å². The molecule has 5 N–H and O–H groups in total. The van der Waals surface area contributed by atoms with E-state index in [4.69, 9.17) is 5.73 Å². The molecule has 0 unspecified atom stereocenters. The lowest BCUT2D eigenvalue weighted by molar-refractivity contribution is 0.0916. The third-order valence-electron chi connectivity index (χ3n) is 5.35. The summed E-state index contributed by atoms with van der Waals surface area (Å²) in [6, 6.07) is 9.66. The fourth-order valence-electron chi connectivity index (χ4n) is 3.89. The number of H-pyrrole nitrogens is 1. The van der Waals surface area contributed by atoms with Gasteiger partial charge in [0.25, 0.3) is 5.91 Å². The van der Waals surface area contributed by atoms with Gasteiger partial charge in [0.1, 0.15) is 11.4 Å². The summed E-state index contributed by atoms with van der Waals surface area (Å²) < 4.78 is 0. The normalized spacial score (nSPS) is 18.2. The number of nitrogens with one attached hydrogen (secondary N) is 3. The van der Waals surface area contributed by atoms with E-state index in [1.165, 1.54) is 0 Å². The van der Waals surface area contributed by atoms with Gasteiger partial charge in [0.15, 0.2) is 0 Å². The van der Waals surface area contributed by atoms with Crippen molar-refractivity contribution in [3.63, 3.8) is 0 Å². The van der Waals surface area contributed by atoms with Crippen LogP contribution in [-0.2, 0) is 0 Å². The Bertz CT molecular complexity index is 1030. The maximum Gasteiger partial charge on any atom is 0.269 e. The van der Waals surface area contributed by atoms with Crippen LogP contribution in [0.25, 0.3) is 11.4 Å². The minimum atomic E-state index is -0.196. The molecule has 4 rings (SSSR count). The number of nitrogens with two attached hydrogens (primary N) is 1. The topological polar surface area (TPSA) is 122 Å². The number of rotatable bonds is 5. The number of aromatic amines is 1. The molecular formula is C22H28ClN7O. The molecule has 1 aromatic carbocycles. The second-order valence-electron chi connectivity index (χ2n) is 7.96. The van der Waals surface area contributed by atoms with Crippen molar-refractivity contribution in [3.8, 4) is 11.4 Å². The molecule has 2 aromatic heterocycles.